The highest BCUT2D eigenvalue weighted by atomic mass is 14.8. The molecule has 6 aromatic carbocycles. The molecular weight excluding hydrogens is 643 g/mol. The molecule has 0 saturated heterocycles. The van der Waals surface area contributed by atoms with Crippen molar-refractivity contribution in [3.05, 3.63) is 231 Å². The molecule has 3 nitrogen and oxygen atoms in total. The second kappa shape index (κ2) is 16.0. The van der Waals surface area contributed by atoms with Gasteiger partial charge in [0.15, 0.2) is 0 Å². The van der Waals surface area contributed by atoms with Gasteiger partial charge in [-0.15, -0.1) is 0 Å². The zero-order valence-electron chi connectivity index (χ0n) is 31.2. The molecule has 1 aromatic heterocycles. The molecule has 260 valence electrons. The van der Waals surface area contributed by atoms with Gasteiger partial charge in [0.05, 0.1) is 34.2 Å². The van der Waals surface area contributed by atoms with Crippen LogP contribution in [0.4, 0.5) is 11.4 Å². The van der Waals surface area contributed by atoms with Gasteiger partial charge in [-0.3, -0.25) is 9.98 Å². The van der Waals surface area contributed by atoms with Crippen LogP contribution in [0.25, 0.3) is 0 Å². The number of aryl methyl sites for hydroxylation is 3. The Hall–Kier alpha value is -6.19. The zero-order chi connectivity index (χ0) is 36.7. The molecule has 53 heavy (non-hydrogen) atoms. The van der Waals surface area contributed by atoms with Crippen molar-refractivity contribution in [2.45, 2.75) is 46.5 Å². The molecule has 1 heterocycles. The van der Waals surface area contributed by atoms with Crippen molar-refractivity contribution in [2.75, 3.05) is 0 Å². The summed E-state index contributed by atoms with van der Waals surface area (Å²) in [5.41, 5.74) is 16.0. The van der Waals surface area contributed by atoms with Crippen LogP contribution in [0, 0.1) is 20.8 Å². The number of para-hydroxylation sites is 1. The topological polar surface area (TPSA) is 37.6 Å². The quantitative estimate of drug-likeness (QED) is 0.104. The van der Waals surface area contributed by atoms with Gasteiger partial charge in [0.1, 0.15) is 0 Å². The van der Waals surface area contributed by atoms with Crippen LogP contribution in [-0.4, -0.2) is 16.4 Å². The second-order valence-electron chi connectivity index (χ2n) is 13.8. The fourth-order valence-corrected chi connectivity index (χ4v) is 7.36. The van der Waals surface area contributed by atoms with Crippen molar-refractivity contribution < 1.29 is 0 Å². The third kappa shape index (κ3) is 7.85. The molecule has 0 aliphatic rings. The largest absolute Gasteiger partial charge is 0.251 e. The van der Waals surface area contributed by atoms with Gasteiger partial charge in [0.2, 0.25) is 0 Å². The third-order valence-electron chi connectivity index (χ3n) is 9.96. The minimum Gasteiger partial charge on any atom is -0.251 e. The van der Waals surface area contributed by atoms with Gasteiger partial charge < -0.3 is 0 Å². The van der Waals surface area contributed by atoms with Gasteiger partial charge in [-0.25, -0.2) is 4.98 Å². The Morgan fingerprint density at radius 2 is 0.755 bits per heavy atom. The average molecular weight is 688 g/mol. The Kier molecular flexibility index (Phi) is 10.6. The Labute approximate surface area is 314 Å². The summed E-state index contributed by atoms with van der Waals surface area (Å²) in [5.74, 6) is -0.0818. The van der Waals surface area contributed by atoms with E-state index in [-0.39, 0.29) is 11.8 Å². The fourth-order valence-electron chi connectivity index (χ4n) is 7.36. The normalized spacial score (nSPS) is 12.1. The van der Waals surface area contributed by atoms with Gasteiger partial charge in [0.25, 0.3) is 0 Å². The highest BCUT2D eigenvalue weighted by Gasteiger charge is 2.27. The first-order valence-corrected chi connectivity index (χ1v) is 18.4. The Morgan fingerprint density at radius 3 is 1.13 bits per heavy atom. The number of hydrogen-bond acceptors (Lipinski definition) is 3. The van der Waals surface area contributed by atoms with E-state index in [2.05, 4.69) is 191 Å². The summed E-state index contributed by atoms with van der Waals surface area (Å²) < 4.78 is 0. The first kappa shape index (κ1) is 35.2. The van der Waals surface area contributed by atoms with Crippen molar-refractivity contribution in [1.29, 1.82) is 0 Å². The van der Waals surface area contributed by atoms with Gasteiger partial charge >= 0.3 is 0 Å². The number of rotatable bonds is 10. The highest BCUT2D eigenvalue weighted by molar-refractivity contribution is 6.02. The molecule has 0 bridgehead atoms. The Morgan fingerprint density at radius 1 is 0.415 bits per heavy atom. The van der Waals surface area contributed by atoms with Crippen LogP contribution in [0.2, 0.25) is 0 Å². The number of benzene rings is 6. The third-order valence-corrected chi connectivity index (χ3v) is 9.96. The SMILES string of the molecule is CC(=Nc1c(C)cccc1C)c1cccc(C(C)=Nc2c(C(c3ccccc3)c3ccccc3)cc(C)cc2C(c2ccccc2)c2ccccc2)n1. The summed E-state index contributed by atoms with van der Waals surface area (Å²) in [6.07, 6.45) is 0. The summed E-state index contributed by atoms with van der Waals surface area (Å²) in [7, 11) is 0. The van der Waals surface area contributed by atoms with Crippen LogP contribution in [-0.2, 0) is 0 Å². The van der Waals surface area contributed by atoms with E-state index in [0.717, 1.165) is 56.4 Å². The van der Waals surface area contributed by atoms with Crippen LogP contribution in [0.1, 0.15) is 87.1 Å². The molecular formula is C50H45N3. The lowest BCUT2D eigenvalue weighted by Crippen LogP contribution is -2.11. The molecule has 0 amide bonds. The Bertz CT molecular complexity index is 2170. The molecule has 0 unspecified atom stereocenters. The van der Waals surface area contributed by atoms with E-state index in [1.165, 1.54) is 27.8 Å². The summed E-state index contributed by atoms with van der Waals surface area (Å²) >= 11 is 0. The van der Waals surface area contributed by atoms with E-state index in [4.69, 9.17) is 15.0 Å². The smallest absolute Gasteiger partial charge is 0.0849 e. The van der Waals surface area contributed by atoms with Crippen LogP contribution in [0.15, 0.2) is 180 Å². The molecule has 7 aromatic rings. The van der Waals surface area contributed by atoms with Crippen molar-refractivity contribution in [1.82, 2.24) is 4.98 Å². The maximum atomic E-state index is 5.64. The van der Waals surface area contributed by atoms with Gasteiger partial charge in [0, 0.05) is 11.8 Å². The van der Waals surface area contributed by atoms with E-state index in [9.17, 15) is 0 Å². The molecule has 0 aliphatic heterocycles. The molecule has 0 fully saturated rings. The number of aliphatic imine (C=N–C) groups is 2. The molecule has 0 radical (unpaired) electrons. The van der Waals surface area contributed by atoms with Crippen molar-refractivity contribution >= 4 is 22.8 Å². The van der Waals surface area contributed by atoms with Crippen LogP contribution in [0.5, 0.6) is 0 Å². The second-order valence-corrected chi connectivity index (χ2v) is 13.8. The van der Waals surface area contributed by atoms with Gasteiger partial charge in [-0.1, -0.05) is 163 Å². The van der Waals surface area contributed by atoms with E-state index in [0.29, 0.717) is 0 Å². The average Bonchev–Trinajstić information content (AvgIpc) is 3.19. The lowest BCUT2D eigenvalue weighted by molar-refractivity contribution is 0.933. The van der Waals surface area contributed by atoms with Crippen LogP contribution in [0.3, 0.4) is 0 Å². The maximum absolute atomic E-state index is 5.64. The zero-order valence-corrected chi connectivity index (χ0v) is 31.2. The lowest BCUT2D eigenvalue weighted by atomic mass is 9.78. The maximum Gasteiger partial charge on any atom is 0.0849 e. The minimum atomic E-state index is -0.0409. The molecule has 0 saturated carbocycles. The monoisotopic (exact) mass is 687 g/mol. The van der Waals surface area contributed by atoms with Gasteiger partial charge in [-0.2, -0.15) is 0 Å². The molecule has 0 atom stereocenters. The molecule has 0 N–H and O–H groups in total. The number of aromatic nitrogens is 1. The van der Waals surface area contributed by atoms with Crippen molar-refractivity contribution in [3.63, 3.8) is 0 Å². The number of pyridine rings is 1. The number of nitrogens with zero attached hydrogens (tertiary/aromatic N) is 3. The summed E-state index contributed by atoms with van der Waals surface area (Å²) in [6.45, 7) is 10.5. The predicted molar refractivity (Wildman–Crippen MR) is 223 cm³/mol. The number of hydrogen-bond donors (Lipinski definition) is 0. The Balaban J connectivity index is 1.47. The van der Waals surface area contributed by atoms with Crippen molar-refractivity contribution in [2.24, 2.45) is 9.98 Å². The molecule has 0 aliphatic carbocycles. The van der Waals surface area contributed by atoms with E-state index < -0.39 is 0 Å². The first-order chi connectivity index (χ1) is 25.9. The van der Waals surface area contributed by atoms with Gasteiger partial charge in [-0.05, 0) is 91.3 Å². The fraction of sp³-hybridized carbons (Fsp3) is 0.140. The van der Waals surface area contributed by atoms with Crippen LogP contribution >= 0.6 is 0 Å². The molecule has 7 rings (SSSR count). The minimum absolute atomic E-state index is 0.0409. The summed E-state index contributed by atoms with van der Waals surface area (Å²) in [6, 6.07) is 60.3. The van der Waals surface area contributed by atoms with Crippen molar-refractivity contribution in [3.8, 4) is 0 Å². The van der Waals surface area contributed by atoms with Crippen LogP contribution < -0.4 is 0 Å². The summed E-state index contributed by atoms with van der Waals surface area (Å²) in [5, 5.41) is 0. The predicted octanol–water partition coefficient (Wildman–Crippen LogP) is 12.6. The van der Waals surface area contributed by atoms with E-state index in [1.54, 1.807) is 0 Å². The lowest BCUT2D eigenvalue weighted by Gasteiger charge is -2.27. The molecule has 3 heteroatoms. The van der Waals surface area contributed by atoms with E-state index >= 15 is 0 Å². The highest BCUT2D eigenvalue weighted by Crippen LogP contribution is 2.45. The molecule has 0 spiro atoms. The standard InChI is InChI=1S/C50H45N3/c1-34-32-43(47(39-22-10-6-11-23-39)40-24-12-7-13-25-40)50(44(33-34)48(41-26-14-8-15-27-41)42-28-16-9-17-29-42)52-38(5)46-31-19-30-45(53-46)37(4)51-49-35(2)20-18-21-36(49)3/h6-33,47-48H,1-5H3. The van der Waals surface area contributed by atoms with E-state index in [1.807, 2.05) is 13.0 Å². The summed E-state index contributed by atoms with van der Waals surface area (Å²) in [4.78, 5) is 15.8. The first-order valence-electron chi connectivity index (χ1n) is 18.4.